The number of hydrogen-bond acceptors (Lipinski definition) is 2. The molecule has 0 aliphatic carbocycles. The minimum atomic E-state index is -0.182. The summed E-state index contributed by atoms with van der Waals surface area (Å²) in [7, 11) is 0. The summed E-state index contributed by atoms with van der Waals surface area (Å²) in [5.41, 5.74) is 0. The van der Waals surface area contributed by atoms with Crippen molar-refractivity contribution in [3.8, 4) is 0 Å². The Balaban J connectivity index is 2.07. The van der Waals surface area contributed by atoms with E-state index in [0.717, 1.165) is 12.8 Å². The average molecular weight is 186 g/mol. The second-order valence-electron chi connectivity index (χ2n) is 3.99. The van der Waals surface area contributed by atoms with Gasteiger partial charge in [0, 0.05) is 0 Å². The highest BCUT2D eigenvalue weighted by atomic mass is 16.6. The molecule has 0 aromatic heterocycles. The third kappa shape index (κ3) is 2.96. The Labute approximate surface area is 81.3 Å². The SMILES string of the molecule is CCCC[C@H]1O[C@H](CCCC)C1O. The molecule has 1 aliphatic heterocycles. The Bertz CT molecular complexity index is 122. The molecule has 0 radical (unpaired) electrons. The van der Waals surface area contributed by atoms with Gasteiger partial charge in [-0.3, -0.25) is 0 Å². The largest absolute Gasteiger partial charge is 0.388 e. The molecule has 1 rings (SSSR count). The van der Waals surface area contributed by atoms with E-state index in [9.17, 15) is 5.11 Å². The third-order valence-corrected chi connectivity index (χ3v) is 2.80. The Morgan fingerprint density at radius 1 is 1.00 bits per heavy atom. The van der Waals surface area contributed by atoms with Gasteiger partial charge < -0.3 is 9.84 Å². The van der Waals surface area contributed by atoms with Gasteiger partial charge in [0.25, 0.3) is 0 Å². The summed E-state index contributed by atoms with van der Waals surface area (Å²) in [4.78, 5) is 0. The Hall–Kier alpha value is -0.0800. The quantitative estimate of drug-likeness (QED) is 0.690. The molecule has 78 valence electrons. The number of unbranched alkanes of at least 4 members (excludes halogenated alkanes) is 2. The highest BCUT2D eigenvalue weighted by Crippen LogP contribution is 2.28. The summed E-state index contributed by atoms with van der Waals surface area (Å²) >= 11 is 0. The zero-order valence-corrected chi connectivity index (χ0v) is 8.83. The second-order valence-corrected chi connectivity index (χ2v) is 3.99. The lowest BCUT2D eigenvalue weighted by Gasteiger charge is -2.41. The van der Waals surface area contributed by atoms with Gasteiger partial charge >= 0.3 is 0 Å². The zero-order valence-electron chi connectivity index (χ0n) is 8.83. The van der Waals surface area contributed by atoms with Crippen molar-refractivity contribution in [3.05, 3.63) is 0 Å². The molecule has 0 bridgehead atoms. The van der Waals surface area contributed by atoms with E-state index in [1.807, 2.05) is 0 Å². The Morgan fingerprint density at radius 3 is 1.77 bits per heavy atom. The van der Waals surface area contributed by atoms with E-state index >= 15 is 0 Å². The Kier molecular flexibility index (Phi) is 4.74. The summed E-state index contributed by atoms with van der Waals surface area (Å²) in [6.07, 6.45) is 6.87. The minimum absolute atomic E-state index is 0.141. The molecule has 1 saturated heterocycles. The number of aliphatic hydroxyl groups is 1. The number of rotatable bonds is 6. The van der Waals surface area contributed by atoms with Crippen LogP contribution in [-0.4, -0.2) is 23.4 Å². The van der Waals surface area contributed by atoms with Crippen molar-refractivity contribution >= 4 is 0 Å². The predicted octanol–water partition coefficient (Wildman–Crippen LogP) is 2.50. The van der Waals surface area contributed by atoms with E-state index in [2.05, 4.69) is 13.8 Å². The molecule has 2 heteroatoms. The standard InChI is InChI=1S/C11H22O2/c1-3-5-7-9-11(12)10(13-9)8-6-4-2/h9-12H,3-8H2,1-2H3/t9-,10-/m1/s1. The summed E-state index contributed by atoms with van der Waals surface area (Å²) < 4.78 is 5.61. The first-order valence-corrected chi connectivity index (χ1v) is 5.63. The monoisotopic (exact) mass is 186 g/mol. The molecular weight excluding hydrogens is 164 g/mol. The summed E-state index contributed by atoms with van der Waals surface area (Å²) in [6, 6.07) is 0. The van der Waals surface area contributed by atoms with Crippen LogP contribution < -0.4 is 0 Å². The fraction of sp³-hybridized carbons (Fsp3) is 1.00. The van der Waals surface area contributed by atoms with Crippen LogP contribution >= 0.6 is 0 Å². The van der Waals surface area contributed by atoms with Crippen LogP contribution in [-0.2, 0) is 4.74 Å². The summed E-state index contributed by atoms with van der Waals surface area (Å²) in [5, 5.41) is 9.70. The molecule has 0 aromatic carbocycles. The van der Waals surface area contributed by atoms with Crippen LogP contribution in [0.15, 0.2) is 0 Å². The van der Waals surface area contributed by atoms with E-state index in [0.29, 0.717) is 0 Å². The normalized spacial score (nSPS) is 28.8. The van der Waals surface area contributed by atoms with Gasteiger partial charge in [-0.15, -0.1) is 0 Å². The predicted molar refractivity (Wildman–Crippen MR) is 53.7 cm³/mol. The van der Waals surface area contributed by atoms with Gasteiger partial charge in [-0.2, -0.15) is 0 Å². The van der Waals surface area contributed by atoms with Crippen molar-refractivity contribution in [1.29, 1.82) is 0 Å². The lowest BCUT2D eigenvalue weighted by atomic mass is 9.93. The highest BCUT2D eigenvalue weighted by molar-refractivity contribution is 4.87. The van der Waals surface area contributed by atoms with Gasteiger partial charge in [-0.1, -0.05) is 39.5 Å². The molecular formula is C11H22O2. The van der Waals surface area contributed by atoms with Crippen LogP contribution in [0.4, 0.5) is 0 Å². The van der Waals surface area contributed by atoms with Crippen molar-refractivity contribution in [2.24, 2.45) is 0 Å². The number of hydrogen-bond donors (Lipinski definition) is 1. The number of ether oxygens (including phenoxy) is 1. The van der Waals surface area contributed by atoms with Crippen molar-refractivity contribution < 1.29 is 9.84 Å². The van der Waals surface area contributed by atoms with Gasteiger partial charge in [0.2, 0.25) is 0 Å². The molecule has 0 unspecified atom stereocenters. The maximum absolute atomic E-state index is 9.70. The second kappa shape index (κ2) is 5.61. The molecule has 0 aromatic rings. The summed E-state index contributed by atoms with van der Waals surface area (Å²) in [5.74, 6) is 0. The van der Waals surface area contributed by atoms with Gasteiger partial charge in [-0.25, -0.2) is 0 Å². The summed E-state index contributed by atoms with van der Waals surface area (Å²) in [6.45, 7) is 4.33. The van der Waals surface area contributed by atoms with Crippen molar-refractivity contribution in [1.82, 2.24) is 0 Å². The lowest BCUT2D eigenvalue weighted by molar-refractivity contribution is -0.225. The Morgan fingerprint density at radius 2 is 1.46 bits per heavy atom. The molecule has 2 atom stereocenters. The average Bonchev–Trinajstić information content (AvgIpc) is 2.15. The first kappa shape index (κ1) is 11.0. The van der Waals surface area contributed by atoms with E-state index in [4.69, 9.17) is 4.74 Å². The first-order valence-electron chi connectivity index (χ1n) is 5.63. The topological polar surface area (TPSA) is 29.5 Å². The highest BCUT2D eigenvalue weighted by Gasteiger charge is 2.39. The maximum atomic E-state index is 9.70. The van der Waals surface area contributed by atoms with E-state index in [1.54, 1.807) is 0 Å². The van der Waals surface area contributed by atoms with E-state index in [-0.39, 0.29) is 18.3 Å². The molecule has 13 heavy (non-hydrogen) atoms. The number of aliphatic hydroxyl groups excluding tert-OH is 1. The van der Waals surface area contributed by atoms with Crippen LogP contribution in [0.2, 0.25) is 0 Å². The molecule has 0 saturated carbocycles. The molecule has 1 N–H and O–H groups in total. The van der Waals surface area contributed by atoms with E-state index < -0.39 is 0 Å². The molecule has 0 spiro atoms. The van der Waals surface area contributed by atoms with Crippen molar-refractivity contribution in [2.45, 2.75) is 70.7 Å². The van der Waals surface area contributed by atoms with Gasteiger partial charge in [0.05, 0.1) is 12.2 Å². The van der Waals surface area contributed by atoms with Gasteiger partial charge in [-0.05, 0) is 12.8 Å². The fourth-order valence-corrected chi connectivity index (χ4v) is 1.82. The van der Waals surface area contributed by atoms with Crippen LogP contribution in [0.3, 0.4) is 0 Å². The molecule has 1 fully saturated rings. The van der Waals surface area contributed by atoms with Crippen LogP contribution in [0.5, 0.6) is 0 Å². The first-order chi connectivity index (χ1) is 6.29. The maximum Gasteiger partial charge on any atom is 0.106 e. The van der Waals surface area contributed by atoms with Gasteiger partial charge in [0.15, 0.2) is 0 Å². The van der Waals surface area contributed by atoms with Gasteiger partial charge in [0.1, 0.15) is 6.10 Å². The van der Waals surface area contributed by atoms with Crippen molar-refractivity contribution in [3.63, 3.8) is 0 Å². The molecule has 2 nitrogen and oxygen atoms in total. The third-order valence-electron chi connectivity index (χ3n) is 2.80. The molecule has 0 amide bonds. The molecule has 1 aliphatic rings. The van der Waals surface area contributed by atoms with Crippen molar-refractivity contribution in [2.75, 3.05) is 0 Å². The molecule has 1 heterocycles. The lowest BCUT2D eigenvalue weighted by Crippen LogP contribution is -2.53. The minimum Gasteiger partial charge on any atom is -0.388 e. The van der Waals surface area contributed by atoms with Crippen LogP contribution in [0.25, 0.3) is 0 Å². The fourth-order valence-electron chi connectivity index (χ4n) is 1.82. The van der Waals surface area contributed by atoms with E-state index in [1.165, 1.54) is 25.7 Å². The smallest absolute Gasteiger partial charge is 0.106 e. The van der Waals surface area contributed by atoms with Crippen LogP contribution in [0.1, 0.15) is 52.4 Å². The van der Waals surface area contributed by atoms with Crippen LogP contribution in [0, 0.1) is 0 Å². The zero-order chi connectivity index (χ0) is 9.68.